The molecule has 0 aliphatic heterocycles. The van der Waals surface area contributed by atoms with Crippen LogP contribution in [-0.4, -0.2) is 24.0 Å². The van der Waals surface area contributed by atoms with Crippen molar-refractivity contribution in [3.05, 3.63) is 36.0 Å². The zero-order valence-electron chi connectivity index (χ0n) is 10.9. The van der Waals surface area contributed by atoms with Crippen LogP contribution < -0.4 is 10.6 Å². The van der Waals surface area contributed by atoms with Crippen molar-refractivity contribution < 1.29 is 4.79 Å². The number of pyridine rings is 1. The first-order valence-corrected chi connectivity index (χ1v) is 6.66. The summed E-state index contributed by atoms with van der Waals surface area (Å²) in [6.07, 6.45) is 3.37. The average Bonchev–Trinajstić information content (AvgIpc) is 2.41. The molecule has 0 bridgehead atoms. The van der Waals surface area contributed by atoms with E-state index < -0.39 is 0 Å². The van der Waals surface area contributed by atoms with Crippen LogP contribution in [0, 0.1) is 0 Å². The maximum Gasteiger partial charge on any atom is 0.270 e. The van der Waals surface area contributed by atoms with Crippen molar-refractivity contribution in [1.29, 1.82) is 0 Å². The third-order valence-corrected chi connectivity index (χ3v) is 3.65. The van der Waals surface area contributed by atoms with Gasteiger partial charge in [-0.3, -0.25) is 4.79 Å². The predicted molar refractivity (Wildman–Crippen MR) is 76.4 cm³/mol. The molecule has 0 unspecified atom stereocenters. The van der Waals surface area contributed by atoms with Crippen LogP contribution in [0.15, 0.2) is 30.3 Å². The fourth-order valence-corrected chi connectivity index (χ4v) is 2.32. The first-order valence-electron chi connectivity index (χ1n) is 6.66. The van der Waals surface area contributed by atoms with Gasteiger partial charge in [-0.1, -0.05) is 24.3 Å². The van der Waals surface area contributed by atoms with Gasteiger partial charge in [0.2, 0.25) is 0 Å². The van der Waals surface area contributed by atoms with Crippen molar-refractivity contribution in [3.8, 4) is 0 Å². The summed E-state index contributed by atoms with van der Waals surface area (Å²) < 4.78 is 0. The summed E-state index contributed by atoms with van der Waals surface area (Å²) in [4.78, 5) is 16.6. The van der Waals surface area contributed by atoms with E-state index in [1.807, 2.05) is 37.4 Å². The monoisotopic (exact) mass is 255 g/mol. The van der Waals surface area contributed by atoms with Gasteiger partial charge in [-0.25, -0.2) is 4.98 Å². The number of nitrogens with one attached hydrogen (secondary N) is 2. The van der Waals surface area contributed by atoms with Gasteiger partial charge < -0.3 is 10.6 Å². The normalized spacial score (nSPS) is 15.0. The number of anilines is 1. The molecule has 0 spiro atoms. The molecule has 1 heterocycles. The highest BCUT2D eigenvalue weighted by atomic mass is 16.1. The van der Waals surface area contributed by atoms with Gasteiger partial charge in [0.25, 0.3) is 5.91 Å². The molecular weight excluding hydrogens is 238 g/mol. The molecule has 1 saturated carbocycles. The maximum atomic E-state index is 12.2. The van der Waals surface area contributed by atoms with E-state index in [9.17, 15) is 4.79 Å². The van der Waals surface area contributed by atoms with Crippen LogP contribution in [0.25, 0.3) is 10.8 Å². The Morgan fingerprint density at radius 1 is 1.32 bits per heavy atom. The van der Waals surface area contributed by atoms with Crippen LogP contribution in [0.3, 0.4) is 0 Å². The fraction of sp³-hybridized carbons (Fsp3) is 0.333. The van der Waals surface area contributed by atoms with Gasteiger partial charge in [-0.15, -0.1) is 0 Å². The summed E-state index contributed by atoms with van der Waals surface area (Å²) in [6, 6.07) is 10.1. The molecule has 19 heavy (non-hydrogen) atoms. The summed E-state index contributed by atoms with van der Waals surface area (Å²) in [6.45, 7) is 0. The minimum Gasteiger partial charge on any atom is -0.373 e. The van der Waals surface area contributed by atoms with E-state index in [1.165, 1.54) is 6.42 Å². The van der Waals surface area contributed by atoms with Crippen LogP contribution in [0.1, 0.15) is 29.8 Å². The number of amides is 1. The standard InChI is InChI=1S/C15H17N3O/c1-16-14-12-8-3-2-5-10(12)9-13(18-14)15(19)17-11-6-4-7-11/h2-3,5,8-9,11H,4,6-7H2,1H3,(H,16,18)(H,17,19). The summed E-state index contributed by atoms with van der Waals surface area (Å²) in [5.41, 5.74) is 0.481. The van der Waals surface area contributed by atoms with Crippen molar-refractivity contribution >= 4 is 22.5 Å². The van der Waals surface area contributed by atoms with E-state index >= 15 is 0 Å². The molecular formula is C15H17N3O. The van der Waals surface area contributed by atoms with Gasteiger partial charge in [-0.2, -0.15) is 0 Å². The summed E-state index contributed by atoms with van der Waals surface area (Å²) in [5.74, 6) is 0.670. The Labute approximate surface area is 112 Å². The van der Waals surface area contributed by atoms with E-state index in [0.717, 1.165) is 29.4 Å². The van der Waals surface area contributed by atoms with E-state index in [2.05, 4.69) is 15.6 Å². The molecule has 1 aromatic heterocycles. The number of rotatable bonds is 3. The van der Waals surface area contributed by atoms with E-state index in [4.69, 9.17) is 0 Å². The number of nitrogens with zero attached hydrogens (tertiary/aromatic N) is 1. The number of carbonyl (C=O) groups is 1. The number of hydrogen-bond donors (Lipinski definition) is 2. The lowest BCUT2D eigenvalue weighted by molar-refractivity contribution is 0.0912. The van der Waals surface area contributed by atoms with Gasteiger partial charge in [0.1, 0.15) is 11.5 Å². The lowest BCUT2D eigenvalue weighted by atomic mass is 9.93. The third kappa shape index (κ3) is 2.26. The van der Waals surface area contributed by atoms with E-state index in [1.54, 1.807) is 0 Å². The number of carbonyl (C=O) groups excluding carboxylic acids is 1. The van der Waals surface area contributed by atoms with E-state index in [0.29, 0.717) is 11.7 Å². The van der Waals surface area contributed by atoms with Gasteiger partial charge in [-0.05, 0) is 30.7 Å². The number of benzene rings is 1. The second-order valence-corrected chi connectivity index (χ2v) is 4.93. The van der Waals surface area contributed by atoms with Crippen LogP contribution in [0.5, 0.6) is 0 Å². The maximum absolute atomic E-state index is 12.2. The van der Waals surface area contributed by atoms with Crippen LogP contribution in [-0.2, 0) is 0 Å². The minimum absolute atomic E-state index is 0.0769. The summed E-state index contributed by atoms with van der Waals surface area (Å²) in [5, 5.41) is 8.14. The zero-order chi connectivity index (χ0) is 13.2. The Kier molecular flexibility index (Phi) is 3.07. The highest BCUT2D eigenvalue weighted by molar-refractivity contribution is 6.00. The summed E-state index contributed by atoms with van der Waals surface area (Å²) >= 11 is 0. The Morgan fingerprint density at radius 3 is 2.79 bits per heavy atom. The topological polar surface area (TPSA) is 54.0 Å². The Hall–Kier alpha value is -2.10. The summed E-state index contributed by atoms with van der Waals surface area (Å²) in [7, 11) is 1.82. The van der Waals surface area contributed by atoms with Gasteiger partial charge in [0, 0.05) is 18.5 Å². The smallest absolute Gasteiger partial charge is 0.270 e. The first-order chi connectivity index (χ1) is 9.28. The predicted octanol–water partition coefficient (Wildman–Crippen LogP) is 2.56. The molecule has 1 aliphatic carbocycles. The molecule has 2 N–H and O–H groups in total. The zero-order valence-corrected chi connectivity index (χ0v) is 10.9. The first kappa shape index (κ1) is 12.0. The molecule has 0 atom stereocenters. The second kappa shape index (κ2) is 4.88. The number of aromatic nitrogens is 1. The molecule has 4 nitrogen and oxygen atoms in total. The molecule has 1 fully saturated rings. The molecule has 1 amide bonds. The Bertz CT molecular complexity index is 620. The van der Waals surface area contributed by atoms with Crippen molar-refractivity contribution in [3.63, 3.8) is 0 Å². The molecule has 3 rings (SSSR count). The van der Waals surface area contributed by atoms with E-state index in [-0.39, 0.29) is 5.91 Å². The number of fused-ring (bicyclic) bond motifs is 1. The van der Waals surface area contributed by atoms with Crippen LogP contribution in [0.2, 0.25) is 0 Å². The lowest BCUT2D eigenvalue weighted by Gasteiger charge is -2.26. The molecule has 4 heteroatoms. The highest BCUT2D eigenvalue weighted by Gasteiger charge is 2.21. The molecule has 2 aromatic rings. The highest BCUT2D eigenvalue weighted by Crippen LogP contribution is 2.23. The van der Waals surface area contributed by atoms with Crippen molar-refractivity contribution in [1.82, 2.24) is 10.3 Å². The lowest BCUT2D eigenvalue weighted by Crippen LogP contribution is -2.39. The molecule has 1 aliphatic rings. The molecule has 0 saturated heterocycles. The molecule has 0 radical (unpaired) electrons. The Balaban J connectivity index is 1.96. The van der Waals surface area contributed by atoms with Crippen molar-refractivity contribution in [2.45, 2.75) is 25.3 Å². The fourth-order valence-electron chi connectivity index (χ4n) is 2.32. The SMILES string of the molecule is CNc1nc(C(=O)NC2CCC2)cc2ccccc12. The Morgan fingerprint density at radius 2 is 2.11 bits per heavy atom. The van der Waals surface area contributed by atoms with Gasteiger partial charge >= 0.3 is 0 Å². The minimum atomic E-state index is -0.0769. The average molecular weight is 255 g/mol. The van der Waals surface area contributed by atoms with Crippen molar-refractivity contribution in [2.24, 2.45) is 0 Å². The largest absolute Gasteiger partial charge is 0.373 e. The quantitative estimate of drug-likeness (QED) is 0.886. The van der Waals surface area contributed by atoms with Crippen molar-refractivity contribution in [2.75, 3.05) is 12.4 Å². The number of hydrogen-bond acceptors (Lipinski definition) is 3. The third-order valence-electron chi connectivity index (χ3n) is 3.65. The van der Waals surface area contributed by atoms with Crippen LogP contribution in [0.4, 0.5) is 5.82 Å². The second-order valence-electron chi connectivity index (χ2n) is 4.93. The van der Waals surface area contributed by atoms with Gasteiger partial charge in [0.15, 0.2) is 0 Å². The van der Waals surface area contributed by atoms with Crippen LogP contribution >= 0.6 is 0 Å². The molecule has 1 aromatic carbocycles. The van der Waals surface area contributed by atoms with Gasteiger partial charge in [0.05, 0.1) is 0 Å². The molecule has 98 valence electrons.